The van der Waals surface area contributed by atoms with Crippen LogP contribution < -0.4 is 4.74 Å². The van der Waals surface area contributed by atoms with Crippen LogP contribution >= 0.6 is 15.9 Å². The number of benzene rings is 2. The molecule has 2 aromatic carbocycles. The highest BCUT2D eigenvalue weighted by Gasteiger charge is 2.28. The van der Waals surface area contributed by atoms with Crippen molar-refractivity contribution < 1.29 is 18.7 Å². The van der Waals surface area contributed by atoms with Crippen molar-refractivity contribution in [1.29, 1.82) is 0 Å². The fourth-order valence-electron chi connectivity index (χ4n) is 3.06. The van der Waals surface area contributed by atoms with Crippen molar-refractivity contribution >= 4 is 27.7 Å². The Labute approximate surface area is 172 Å². The van der Waals surface area contributed by atoms with Gasteiger partial charge in [-0.25, -0.2) is 4.39 Å². The molecule has 1 heterocycles. The van der Waals surface area contributed by atoms with Gasteiger partial charge in [0, 0.05) is 36.2 Å². The van der Waals surface area contributed by atoms with Crippen molar-refractivity contribution in [3.8, 4) is 5.75 Å². The van der Waals surface area contributed by atoms with E-state index in [2.05, 4.69) is 15.9 Å². The Kier molecular flexibility index (Phi) is 6.34. The minimum absolute atomic E-state index is 0.114. The van der Waals surface area contributed by atoms with E-state index in [-0.39, 0.29) is 11.8 Å². The fourth-order valence-corrected chi connectivity index (χ4v) is 3.33. The first kappa shape index (κ1) is 20.3. The Balaban J connectivity index is 1.55. The predicted molar refractivity (Wildman–Crippen MR) is 108 cm³/mol. The molecule has 148 valence electrons. The lowest BCUT2D eigenvalue weighted by Gasteiger charge is -2.36. The monoisotopic (exact) mass is 448 g/mol. The number of hydrogen-bond acceptors (Lipinski definition) is 3. The number of nitrogens with zero attached hydrogens (tertiary/aromatic N) is 2. The summed E-state index contributed by atoms with van der Waals surface area (Å²) in [6, 6.07) is 11.8. The first-order valence-electron chi connectivity index (χ1n) is 9.11. The maximum absolute atomic E-state index is 13.7. The molecule has 5 nitrogen and oxygen atoms in total. The topological polar surface area (TPSA) is 49.9 Å². The Morgan fingerprint density at radius 2 is 1.64 bits per heavy atom. The third kappa shape index (κ3) is 4.70. The van der Waals surface area contributed by atoms with E-state index in [9.17, 15) is 14.0 Å². The first-order valence-corrected chi connectivity index (χ1v) is 9.91. The molecule has 1 aliphatic rings. The summed E-state index contributed by atoms with van der Waals surface area (Å²) >= 11 is 3.36. The number of rotatable bonds is 4. The molecule has 0 radical (unpaired) electrons. The van der Waals surface area contributed by atoms with Crippen LogP contribution in [0.15, 0.2) is 46.9 Å². The Morgan fingerprint density at radius 1 is 1.04 bits per heavy atom. The lowest BCUT2D eigenvalue weighted by atomic mass is 10.1. The third-order valence-electron chi connectivity index (χ3n) is 4.77. The van der Waals surface area contributed by atoms with Crippen LogP contribution in [-0.2, 0) is 4.79 Å². The van der Waals surface area contributed by atoms with Crippen LogP contribution in [0.4, 0.5) is 4.39 Å². The van der Waals surface area contributed by atoms with Gasteiger partial charge in [-0.1, -0.05) is 22.0 Å². The molecule has 1 unspecified atom stereocenters. The Bertz CT molecular complexity index is 864. The molecule has 1 saturated heterocycles. The lowest BCUT2D eigenvalue weighted by molar-refractivity contribution is -0.139. The van der Waals surface area contributed by atoms with Gasteiger partial charge in [-0.05, 0) is 55.8 Å². The van der Waals surface area contributed by atoms with Crippen LogP contribution in [0, 0.1) is 12.7 Å². The number of halogens is 2. The molecule has 0 N–H and O–H groups in total. The van der Waals surface area contributed by atoms with Crippen LogP contribution in [0.5, 0.6) is 5.75 Å². The highest BCUT2D eigenvalue weighted by atomic mass is 79.9. The lowest BCUT2D eigenvalue weighted by Crippen LogP contribution is -2.53. The molecule has 7 heteroatoms. The van der Waals surface area contributed by atoms with E-state index >= 15 is 0 Å². The summed E-state index contributed by atoms with van der Waals surface area (Å²) in [5.41, 5.74) is 0.835. The van der Waals surface area contributed by atoms with Gasteiger partial charge in [0.05, 0.1) is 0 Å². The average molecular weight is 449 g/mol. The zero-order valence-electron chi connectivity index (χ0n) is 15.8. The largest absolute Gasteiger partial charge is 0.481 e. The normalized spacial score (nSPS) is 15.3. The summed E-state index contributed by atoms with van der Waals surface area (Å²) in [4.78, 5) is 28.6. The maximum atomic E-state index is 13.7. The fraction of sp³-hybridized carbons (Fsp3) is 0.333. The van der Waals surface area contributed by atoms with Crippen molar-refractivity contribution in [1.82, 2.24) is 9.80 Å². The standard InChI is InChI=1S/C21H22BrFN2O3/c1-14-3-4-16(13-19(14)23)21(27)25-11-9-24(10-12-25)20(26)15(2)28-18-7-5-17(22)6-8-18/h3-8,13,15H,9-12H2,1-2H3. The molecule has 1 atom stereocenters. The average Bonchev–Trinajstić information content (AvgIpc) is 2.70. The van der Waals surface area contributed by atoms with Crippen molar-refractivity contribution in [3.63, 3.8) is 0 Å². The molecule has 0 saturated carbocycles. The van der Waals surface area contributed by atoms with E-state index in [1.54, 1.807) is 47.9 Å². The first-order chi connectivity index (χ1) is 13.3. The van der Waals surface area contributed by atoms with Crippen LogP contribution in [0.1, 0.15) is 22.8 Å². The molecule has 0 spiro atoms. The SMILES string of the molecule is Cc1ccc(C(=O)N2CCN(C(=O)C(C)Oc3ccc(Br)cc3)CC2)cc1F. The number of ether oxygens (including phenoxy) is 1. The van der Waals surface area contributed by atoms with Crippen molar-refractivity contribution in [3.05, 3.63) is 63.9 Å². The van der Waals surface area contributed by atoms with Crippen molar-refractivity contribution in [2.45, 2.75) is 20.0 Å². The minimum Gasteiger partial charge on any atom is -0.481 e. The second-order valence-electron chi connectivity index (χ2n) is 6.80. The smallest absolute Gasteiger partial charge is 0.263 e. The third-order valence-corrected chi connectivity index (χ3v) is 5.30. The predicted octanol–water partition coefficient (Wildman–Crippen LogP) is 3.65. The van der Waals surface area contributed by atoms with Gasteiger partial charge in [0.2, 0.25) is 0 Å². The van der Waals surface area contributed by atoms with E-state index in [1.165, 1.54) is 6.07 Å². The number of piperazine rings is 1. The highest BCUT2D eigenvalue weighted by molar-refractivity contribution is 9.10. The molecule has 2 amide bonds. The number of carbonyl (C=O) groups is 2. The van der Waals surface area contributed by atoms with Gasteiger partial charge in [-0.15, -0.1) is 0 Å². The summed E-state index contributed by atoms with van der Waals surface area (Å²) in [6.45, 7) is 5.04. The summed E-state index contributed by atoms with van der Waals surface area (Å²) in [6.07, 6.45) is -0.616. The quantitative estimate of drug-likeness (QED) is 0.716. The van der Waals surface area contributed by atoms with Crippen LogP contribution in [0.2, 0.25) is 0 Å². The number of aryl methyl sites for hydroxylation is 1. The van der Waals surface area contributed by atoms with E-state index in [0.29, 0.717) is 43.1 Å². The molecular weight excluding hydrogens is 427 g/mol. The molecule has 0 aromatic heterocycles. The zero-order chi connectivity index (χ0) is 20.3. The molecule has 3 rings (SSSR count). The Hall–Kier alpha value is -2.41. The van der Waals surface area contributed by atoms with E-state index in [0.717, 1.165) is 4.47 Å². The molecule has 2 aromatic rings. The molecular formula is C21H22BrFN2O3. The van der Waals surface area contributed by atoms with Crippen LogP contribution in [0.25, 0.3) is 0 Å². The maximum Gasteiger partial charge on any atom is 0.263 e. The van der Waals surface area contributed by atoms with Gasteiger partial charge in [0.25, 0.3) is 11.8 Å². The minimum atomic E-state index is -0.616. The second-order valence-corrected chi connectivity index (χ2v) is 7.71. The van der Waals surface area contributed by atoms with E-state index in [4.69, 9.17) is 4.74 Å². The molecule has 0 aliphatic carbocycles. The van der Waals surface area contributed by atoms with Crippen LogP contribution in [-0.4, -0.2) is 53.9 Å². The van der Waals surface area contributed by atoms with Crippen LogP contribution in [0.3, 0.4) is 0 Å². The molecule has 1 aliphatic heterocycles. The van der Waals surface area contributed by atoms with Gasteiger partial charge in [-0.2, -0.15) is 0 Å². The summed E-state index contributed by atoms with van der Waals surface area (Å²) in [5, 5.41) is 0. The van der Waals surface area contributed by atoms with Gasteiger partial charge in [-0.3, -0.25) is 9.59 Å². The second kappa shape index (κ2) is 8.73. The van der Waals surface area contributed by atoms with E-state index in [1.807, 2.05) is 12.1 Å². The van der Waals surface area contributed by atoms with Crippen molar-refractivity contribution in [2.75, 3.05) is 26.2 Å². The Morgan fingerprint density at radius 3 is 2.25 bits per heavy atom. The van der Waals surface area contributed by atoms with Gasteiger partial charge in [0.1, 0.15) is 11.6 Å². The number of carbonyl (C=O) groups excluding carboxylic acids is 2. The molecule has 0 bridgehead atoms. The van der Waals surface area contributed by atoms with Gasteiger partial charge in [0.15, 0.2) is 6.10 Å². The molecule has 28 heavy (non-hydrogen) atoms. The van der Waals surface area contributed by atoms with Crippen molar-refractivity contribution in [2.24, 2.45) is 0 Å². The number of amides is 2. The molecule has 1 fully saturated rings. The number of hydrogen-bond donors (Lipinski definition) is 0. The van der Waals surface area contributed by atoms with E-state index < -0.39 is 11.9 Å². The van der Waals surface area contributed by atoms with Gasteiger partial charge >= 0.3 is 0 Å². The van der Waals surface area contributed by atoms with Gasteiger partial charge < -0.3 is 14.5 Å². The summed E-state index contributed by atoms with van der Waals surface area (Å²) in [7, 11) is 0. The summed E-state index contributed by atoms with van der Waals surface area (Å²) < 4.78 is 20.4. The summed E-state index contributed by atoms with van der Waals surface area (Å²) in [5.74, 6) is -0.0978. The highest BCUT2D eigenvalue weighted by Crippen LogP contribution is 2.18. The zero-order valence-corrected chi connectivity index (χ0v) is 17.4.